The predicted molar refractivity (Wildman–Crippen MR) is 137 cm³/mol. The molecule has 0 radical (unpaired) electrons. The Morgan fingerprint density at radius 2 is 0.938 bits per heavy atom. The number of hydrogen-bond acceptors (Lipinski definition) is 4. The monoisotopic (exact) mass is 452 g/mol. The second kappa shape index (κ2) is 9.86. The zero-order valence-electron chi connectivity index (χ0n) is 17.3. The molecule has 32 heavy (non-hydrogen) atoms. The molecule has 0 heterocycles. The van der Waals surface area contributed by atoms with Crippen molar-refractivity contribution in [1.82, 2.24) is 0 Å². The van der Waals surface area contributed by atoms with Crippen LogP contribution in [0.3, 0.4) is 0 Å². The molecule has 0 aliphatic carbocycles. The fourth-order valence-electron chi connectivity index (χ4n) is 3.53. The Labute approximate surface area is 196 Å². The fraction of sp³-hybridized carbons (Fsp3) is 0. The fourth-order valence-corrected chi connectivity index (χ4v) is 4.71. The van der Waals surface area contributed by atoms with Gasteiger partial charge in [-0.3, -0.25) is 9.59 Å². The summed E-state index contributed by atoms with van der Waals surface area (Å²) in [6.07, 6.45) is 2.65. The van der Waals surface area contributed by atoms with Crippen LogP contribution in [0.1, 0.15) is 0 Å². The van der Waals surface area contributed by atoms with Crippen LogP contribution in [0.5, 0.6) is 0 Å². The lowest BCUT2D eigenvalue weighted by Gasteiger charge is -2.12. The van der Waals surface area contributed by atoms with E-state index in [4.69, 9.17) is 0 Å². The summed E-state index contributed by atoms with van der Waals surface area (Å²) in [6, 6.07) is 28.7. The molecule has 156 valence electrons. The normalized spacial score (nSPS) is 10.6. The standard InChI is InChI=1S/C28H20O2S2/c1-3-27(29)31-21-15-11-19(12-16-21)23-7-5-10-26-24(8-6-9-25(23)26)20-13-17-22(18-14-20)32-28(30)4-2/h3-18H,1-2H2. The zero-order chi connectivity index (χ0) is 22.5. The molecule has 0 aliphatic rings. The second-order valence-electron chi connectivity index (χ2n) is 7.01. The van der Waals surface area contributed by atoms with Crippen LogP contribution in [0.2, 0.25) is 0 Å². The summed E-state index contributed by atoms with van der Waals surface area (Å²) in [5, 5.41) is 2.19. The highest BCUT2D eigenvalue weighted by Gasteiger charge is 2.10. The lowest BCUT2D eigenvalue weighted by molar-refractivity contribution is -0.107. The topological polar surface area (TPSA) is 34.1 Å². The summed E-state index contributed by atoms with van der Waals surface area (Å²) in [5.74, 6) is 0. The smallest absolute Gasteiger partial charge is 0.216 e. The number of carbonyl (C=O) groups is 2. The minimum Gasteiger partial charge on any atom is -0.282 e. The van der Waals surface area contributed by atoms with E-state index in [2.05, 4.69) is 49.6 Å². The highest BCUT2D eigenvalue weighted by Crippen LogP contribution is 2.36. The van der Waals surface area contributed by atoms with Gasteiger partial charge in [0, 0.05) is 9.79 Å². The van der Waals surface area contributed by atoms with Gasteiger partial charge in [-0.15, -0.1) is 0 Å². The molecule has 0 spiro atoms. The first-order chi connectivity index (χ1) is 15.6. The van der Waals surface area contributed by atoms with Crippen molar-refractivity contribution in [3.05, 3.63) is 110 Å². The minimum atomic E-state index is -0.0640. The Morgan fingerprint density at radius 1 is 0.562 bits per heavy atom. The van der Waals surface area contributed by atoms with Crippen LogP contribution < -0.4 is 0 Å². The molecule has 0 N–H and O–H groups in total. The largest absolute Gasteiger partial charge is 0.282 e. The van der Waals surface area contributed by atoms with E-state index >= 15 is 0 Å². The van der Waals surface area contributed by atoms with Crippen molar-refractivity contribution < 1.29 is 9.59 Å². The van der Waals surface area contributed by atoms with E-state index in [0.717, 1.165) is 42.8 Å². The zero-order valence-corrected chi connectivity index (χ0v) is 18.9. The molecule has 0 fully saturated rings. The van der Waals surface area contributed by atoms with Crippen LogP contribution in [-0.2, 0) is 9.59 Å². The van der Waals surface area contributed by atoms with Gasteiger partial charge < -0.3 is 0 Å². The third-order valence-electron chi connectivity index (χ3n) is 5.02. The van der Waals surface area contributed by atoms with Gasteiger partial charge >= 0.3 is 0 Å². The van der Waals surface area contributed by atoms with E-state index < -0.39 is 0 Å². The quantitative estimate of drug-likeness (QED) is 0.221. The average molecular weight is 453 g/mol. The maximum absolute atomic E-state index is 11.6. The number of carbonyl (C=O) groups excluding carboxylic acids is 2. The van der Waals surface area contributed by atoms with Gasteiger partial charge in [-0.1, -0.05) is 73.8 Å². The molecule has 0 unspecified atom stereocenters. The first-order valence-electron chi connectivity index (χ1n) is 10.00. The van der Waals surface area contributed by atoms with E-state index in [0.29, 0.717) is 0 Å². The Morgan fingerprint density at radius 3 is 1.28 bits per heavy atom. The van der Waals surface area contributed by atoms with Gasteiger partial charge in [0.15, 0.2) is 0 Å². The Bertz CT molecular complexity index is 1220. The molecular weight excluding hydrogens is 432 g/mol. The summed E-state index contributed by atoms with van der Waals surface area (Å²) in [6.45, 7) is 7.04. The average Bonchev–Trinajstić information content (AvgIpc) is 2.84. The number of thioether (sulfide) groups is 2. The van der Waals surface area contributed by atoms with Crippen LogP contribution in [-0.4, -0.2) is 10.2 Å². The molecule has 0 aromatic heterocycles. The first kappa shape index (κ1) is 21.9. The van der Waals surface area contributed by atoms with Crippen molar-refractivity contribution in [3.8, 4) is 22.3 Å². The molecule has 0 atom stereocenters. The number of hydrogen-bond donors (Lipinski definition) is 0. The molecule has 0 bridgehead atoms. The van der Waals surface area contributed by atoms with Crippen molar-refractivity contribution in [2.75, 3.05) is 0 Å². The SMILES string of the molecule is C=CC(=O)Sc1ccc(-c2cccc3c(-c4ccc(SC(=O)C=C)cc4)cccc23)cc1. The molecule has 4 rings (SSSR count). The third-order valence-corrected chi connectivity index (χ3v) is 6.77. The van der Waals surface area contributed by atoms with Crippen LogP contribution in [0.25, 0.3) is 33.0 Å². The van der Waals surface area contributed by atoms with Crippen molar-refractivity contribution in [3.63, 3.8) is 0 Å². The maximum Gasteiger partial charge on any atom is 0.216 e. The summed E-state index contributed by atoms with van der Waals surface area (Å²) in [4.78, 5) is 25.0. The summed E-state index contributed by atoms with van der Waals surface area (Å²) in [5.41, 5.74) is 4.47. The van der Waals surface area contributed by atoms with E-state index in [1.54, 1.807) is 0 Å². The van der Waals surface area contributed by atoms with Crippen molar-refractivity contribution in [2.24, 2.45) is 0 Å². The maximum atomic E-state index is 11.6. The Balaban J connectivity index is 1.70. The second-order valence-corrected chi connectivity index (χ2v) is 9.16. The van der Waals surface area contributed by atoms with Gasteiger partial charge in [-0.05, 0) is 93.0 Å². The Hall–Kier alpha value is -3.34. The highest BCUT2D eigenvalue weighted by atomic mass is 32.2. The van der Waals surface area contributed by atoms with Crippen LogP contribution >= 0.6 is 23.5 Å². The van der Waals surface area contributed by atoms with Gasteiger partial charge in [0.05, 0.1) is 0 Å². The molecule has 0 saturated carbocycles. The van der Waals surface area contributed by atoms with Crippen molar-refractivity contribution in [2.45, 2.75) is 9.79 Å². The number of fused-ring (bicyclic) bond motifs is 1. The predicted octanol–water partition coefficient (Wildman–Crippen LogP) is 7.78. The van der Waals surface area contributed by atoms with Gasteiger partial charge in [-0.2, -0.15) is 0 Å². The van der Waals surface area contributed by atoms with Crippen LogP contribution in [0.4, 0.5) is 0 Å². The molecule has 0 amide bonds. The van der Waals surface area contributed by atoms with E-state index in [-0.39, 0.29) is 10.2 Å². The summed E-state index contributed by atoms with van der Waals surface area (Å²) >= 11 is 2.34. The van der Waals surface area contributed by atoms with E-state index in [1.165, 1.54) is 35.7 Å². The third kappa shape index (κ3) is 4.77. The Kier molecular flexibility index (Phi) is 6.74. The molecule has 2 nitrogen and oxygen atoms in total. The number of rotatable bonds is 6. The van der Waals surface area contributed by atoms with Gasteiger partial charge in [0.25, 0.3) is 0 Å². The highest BCUT2D eigenvalue weighted by molar-refractivity contribution is 8.14. The van der Waals surface area contributed by atoms with Gasteiger partial charge in [0.1, 0.15) is 0 Å². The summed E-state index contributed by atoms with van der Waals surface area (Å²) in [7, 11) is 0. The molecule has 4 aromatic rings. The first-order valence-corrected chi connectivity index (χ1v) is 11.6. The molecular formula is C28H20O2S2. The lowest BCUT2D eigenvalue weighted by Crippen LogP contribution is -1.87. The van der Waals surface area contributed by atoms with Crippen molar-refractivity contribution >= 4 is 44.5 Å². The molecule has 4 heteroatoms. The van der Waals surface area contributed by atoms with Crippen molar-refractivity contribution in [1.29, 1.82) is 0 Å². The minimum absolute atomic E-state index is 0.0640. The van der Waals surface area contributed by atoms with Gasteiger partial charge in [-0.25, -0.2) is 0 Å². The molecule has 0 aliphatic heterocycles. The van der Waals surface area contributed by atoms with E-state index in [1.807, 2.05) is 48.5 Å². The van der Waals surface area contributed by atoms with E-state index in [9.17, 15) is 9.59 Å². The molecule has 4 aromatic carbocycles. The van der Waals surface area contributed by atoms with Crippen LogP contribution in [0.15, 0.2) is 120 Å². The van der Waals surface area contributed by atoms with Crippen LogP contribution in [0, 0.1) is 0 Å². The summed E-state index contributed by atoms with van der Waals surface area (Å²) < 4.78 is 0. The molecule has 0 saturated heterocycles. The number of benzene rings is 4. The van der Waals surface area contributed by atoms with Gasteiger partial charge in [0.2, 0.25) is 10.2 Å². The lowest BCUT2D eigenvalue weighted by atomic mass is 9.93.